The number of thioether (sulfide) groups is 1. The fourth-order valence-corrected chi connectivity index (χ4v) is 6.20. The zero-order chi connectivity index (χ0) is 24.9. The number of amides is 2. The van der Waals surface area contributed by atoms with Gasteiger partial charge in [0, 0.05) is 24.1 Å². The van der Waals surface area contributed by atoms with Crippen molar-refractivity contribution in [3.8, 4) is 11.1 Å². The van der Waals surface area contributed by atoms with Crippen molar-refractivity contribution >= 4 is 29.7 Å². The van der Waals surface area contributed by atoms with Crippen molar-refractivity contribution in [2.75, 3.05) is 12.4 Å². The third kappa shape index (κ3) is 5.48. The van der Waals surface area contributed by atoms with Gasteiger partial charge in [0.25, 0.3) is 0 Å². The minimum Gasteiger partial charge on any atom is -0.480 e. The molecule has 1 saturated heterocycles. The van der Waals surface area contributed by atoms with Crippen LogP contribution in [0.15, 0.2) is 48.5 Å². The maximum absolute atomic E-state index is 13.0. The number of hydrogen-bond acceptors (Lipinski definition) is 5. The first-order valence-corrected chi connectivity index (χ1v) is 13.2. The van der Waals surface area contributed by atoms with Crippen molar-refractivity contribution in [3.05, 3.63) is 59.7 Å². The molecule has 1 fully saturated rings. The molecule has 0 aromatic heterocycles. The number of benzene rings is 2. The highest BCUT2D eigenvalue weighted by atomic mass is 32.2. The molecule has 0 radical (unpaired) electrons. The van der Waals surface area contributed by atoms with E-state index in [4.69, 9.17) is 4.74 Å². The highest BCUT2D eigenvalue weighted by Gasteiger charge is 2.40. The summed E-state index contributed by atoms with van der Waals surface area (Å²) >= 11 is 1.45. The van der Waals surface area contributed by atoms with Gasteiger partial charge in [0.2, 0.25) is 5.91 Å². The summed E-state index contributed by atoms with van der Waals surface area (Å²) in [5.41, 5.74) is 4.60. The number of nitrogens with zero attached hydrogens (tertiary/aromatic N) is 1. The topological polar surface area (TPSA) is 95.9 Å². The van der Waals surface area contributed by atoms with Crippen LogP contribution >= 0.6 is 11.8 Å². The second-order valence-corrected chi connectivity index (χ2v) is 10.4. The zero-order valence-electron chi connectivity index (χ0n) is 20.1. The Balaban J connectivity index is 1.39. The fourth-order valence-electron chi connectivity index (χ4n) is 5.01. The minimum absolute atomic E-state index is 0.0392. The Labute approximate surface area is 210 Å². The van der Waals surface area contributed by atoms with E-state index in [1.54, 1.807) is 0 Å². The first-order chi connectivity index (χ1) is 16.9. The first kappa shape index (κ1) is 25.1. The van der Waals surface area contributed by atoms with Gasteiger partial charge in [0.15, 0.2) is 0 Å². The van der Waals surface area contributed by atoms with Crippen LogP contribution in [0.25, 0.3) is 11.1 Å². The van der Waals surface area contributed by atoms with Crippen molar-refractivity contribution in [3.63, 3.8) is 0 Å². The molecule has 0 saturated carbocycles. The molecule has 3 atom stereocenters. The van der Waals surface area contributed by atoms with E-state index < -0.39 is 24.1 Å². The molecule has 2 amide bonds. The van der Waals surface area contributed by atoms with Gasteiger partial charge in [-0.2, -0.15) is 0 Å². The lowest BCUT2D eigenvalue weighted by Gasteiger charge is -2.27. The number of alkyl carbamates (subject to hydrolysis) is 1. The van der Waals surface area contributed by atoms with Gasteiger partial charge < -0.3 is 20.1 Å². The van der Waals surface area contributed by atoms with Crippen molar-refractivity contribution in [1.29, 1.82) is 0 Å². The van der Waals surface area contributed by atoms with Crippen LogP contribution < -0.4 is 5.32 Å². The molecule has 7 nitrogen and oxygen atoms in total. The van der Waals surface area contributed by atoms with Gasteiger partial charge in [-0.15, -0.1) is 11.8 Å². The Kier molecular flexibility index (Phi) is 8.00. The van der Waals surface area contributed by atoms with Crippen LogP contribution in [0.2, 0.25) is 0 Å². The van der Waals surface area contributed by atoms with Crippen LogP contribution in [0, 0.1) is 0 Å². The third-order valence-electron chi connectivity index (χ3n) is 6.79. The number of aliphatic carboxylic acids is 1. The summed E-state index contributed by atoms with van der Waals surface area (Å²) in [6.45, 7) is 4.09. The molecule has 4 rings (SSSR count). The lowest BCUT2D eigenvalue weighted by Crippen LogP contribution is -2.47. The summed E-state index contributed by atoms with van der Waals surface area (Å²) in [5.74, 6) is -0.913. The quantitative estimate of drug-likeness (QED) is 0.515. The molecular weight excluding hydrogens is 464 g/mol. The lowest BCUT2D eigenvalue weighted by atomic mass is 9.98. The highest BCUT2D eigenvalue weighted by molar-refractivity contribution is 8.00. The van der Waals surface area contributed by atoms with Crippen LogP contribution in [0.1, 0.15) is 56.6 Å². The second kappa shape index (κ2) is 11.2. The predicted molar refractivity (Wildman–Crippen MR) is 136 cm³/mol. The molecule has 8 heteroatoms. The number of fused-ring (bicyclic) bond motifs is 3. The molecule has 186 valence electrons. The van der Waals surface area contributed by atoms with Gasteiger partial charge in [0.1, 0.15) is 12.6 Å². The number of carboxylic acids is 1. The summed E-state index contributed by atoms with van der Waals surface area (Å²) in [5, 5.41) is 12.2. The molecule has 0 spiro atoms. The summed E-state index contributed by atoms with van der Waals surface area (Å²) in [6.07, 6.45) is 1.89. The van der Waals surface area contributed by atoms with E-state index in [2.05, 4.69) is 29.6 Å². The van der Waals surface area contributed by atoms with Crippen molar-refractivity contribution in [1.82, 2.24) is 10.2 Å². The van der Waals surface area contributed by atoms with Crippen LogP contribution in [0.4, 0.5) is 4.79 Å². The number of ether oxygens (including phenoxy) is 1. The number of unbranched alkanes of at least 4 members (excludes halogenated alkanes) is 1. The Morgan fingerprint density at radius 1 is 1.11 bits per heavy atom. The van der Waals surface area contributed by atoms with E-state index >= 15 is 0 Å². The summed E-state index contributed by atoms with van der Waals surface area (Å²) in [4.78, 5) is 38.8. The maximum atomic E-state index is 13.0. The molecule has 2 N–H and O–H groups in total. The Morgan fingerprint density at radius 3 is 2.34 bits per heavy atom. The molecule has 2 unspecified atom stereocenters. The van der Waals surface area contributed by atoms with Crippen molar-refractivity contribution in [2.24, 2.45) is 0 Å². The van der Waals surface area contributed by atoms with Crippen LogP contribution in [-0.2, 0) is 14.3 Å². The summed E-state index contributed by atoms with van der Waals surface area (Å²) in [6, 6.07) is 15.1. The SMILES string of the molecule is CCCC[C@@H](CC(=O)N1C(C)SCC1C(=O)O)NC(=O)OCC1c2ccccc2-c2ccccc21. The molecular formula is C27H32N2O5S. The molecule has 2 aromatic rings. The summed E-state index contributed by atoms with van der Waals surface area (Å²) < 4.78 is 5.66. The van der Waals surface area contributed by atoms with Gasteiger partial charge in [-0.05, 0) is 35.6 Å². The zero-order valence-corrected chi connectivity index (χ0v) is 20.9. The smallest absolute Gasteiger partial charge is 0.407 e. The van der Waals surface area contributed by atoms with Crippen molar-refractivity contribution in [2.45, 2.75) is 62.9 Å². The average Bonchev–Trinajstić information content (AvgIpc) is 3.39. The van der Waals surface area contributed by atoms with Crippen molar-refractivity contribution < 1.29 is 24.2 Å². The van der Waals surface area contributed by atoms with Crippen LogP contribution in [0.3, 0.4) is 0 Å². The number of hydrogen-bond donors (Lipinski definition) is 2. The largest absolute Gasteiger partial charge is 0.480 e. The van der Waals surface area contributed by atoms with Gasteiger partial charge in [-0.1, -0.05) is 68.3 Å². The van der Waals surface area contributed by atoms with E-state index in [1.165, 1.54) is 16.7 Å². The number of rotatable bonds is 9. The van der Waals surface area contributed by atoms with E-state index in [0.29, 0.717) is 12.2 Å². The second-order valence-electron chi connectivity index (χ2n) is 9.10. The van der Waals surface area contributed by atoms with Gasteiger partial charge in [-0.25, -0.2) is 9.59 Å². The normalized spacial score (nSPS) is 19.7. The third-order valence-corrected chi connectivity index (χ3v) is 8.01. The Bertz CT molecular complexity index is 1050. The lowest BCUT2D eigenvalue weighted by molar-refractivity contribution is -0.149. The number of carboxylic acid groups (broad SMARTS) is 1. The molecule has 35 heavy (non-hydrogen) atoms. The van der Waals surface area contributed by atoms with Crippen LogP contribution in [-0.4, -0.2) is 57.8 Å². The van der Waals surface area contributed by atoms with Gasteiger partial charge in [0.05, 0.1) is 5.37 Å². The number of nitrogens with one attached hydrogen (secondary N) is 1. The Morgan fingerprint density at radius 2 is 1.74 bits per heavy atom. The standard InChI is InChI=1S/C27H32N2O5S/c1-3-4-9-18(14-25(30)29-17(2)35-16-24(29)26(31)32)28-27(33)34-15-23-21-12-7-5-10-19(21)20-11-6-8-13-22(20)23/h5-8,10-13,17-18,23-24H,3-4,9,14-16H2,1-2H3,(H,28,33)(H,31,32)/t17?,18-,24?/m0/s1. The predicted octanol–water partition coefficient (Wildman–Crippen LogP) is 4.85. The van der Waals surface area contributed by atoms with E-state index in [1.807, 2.05) is 38.1 Å². The molecule has 2 aromatic carbocycles. The van der Waals surface area contributed by atoms with E-state index in [9.17, 15) is 19.5 Å². The maximum Gasteiger partial charge on any atom is 0.407 e. The van der Waals surface area contributed by atoms with Gasteiger partial charge >= 0.3 is 12.1 Å². The highest BCUT2D eigenvalue weighted by Crippen LogP contribution is 2.44. The molecule has 1 heterocycles. The monoisotopic (exact) mass is 496 g/mol. The van der Waals surface area contributed by atoms with Crippen LogP contribution in [0.5, 0.6) is 0 Å². The fraction of sp³-hybridized carbons (Fsp3) is 0.444. The average molecular weight is 497 g/mol. The van der Waals surface area contributed by atoms with E-state index in [0.717, 1.165) is 35.1 Å². The first-order valence-electron chi connectivity index (χ1n) is 12.2. The Hall–Kier alpha value is -3.00. The molecule has 1 aliphatic heterocycles. The molecule has 1 aliphatic carbocycles. The van der Waals surface area contributed by atoms with E-state index in [-0.39, 0.29) is 30.2 Å². The summed E-state index contributed by atoms with van der Waals surface area (Å²) in [7, 11) is 0. The molecule has 0 bridgehead atoms. The molecule has 2 aliphatic rings. The number of carbonyl (C=O) groups is 3. The minimum atomic E-state index is -0.996. The number of carbonyl (C=O) groups excluding carboxylic acids is 2. The van der Waals surface area contributed by atoms with Gasteiger partial charge in [-0.3, -0.25) is 4.79 Å².